The summed E-state index contributed by atoms with van der Waals surface area (Å²) in [5.41, 5.74) is 9.86. The molecule has 0 radical (unpaired) electrons. The highest BCUT2D eigenvalue weighted by atomic mass is 35.5. The van der Waals surface area contributed by atoms with Gasteiger partial charge in [0.15, 0.2) is 6.21 Å². The van der Waals surface area contributed by atoms with Crippen LogP contribution in [0.25, 0.3) is 16.1 Å². The minimum atomic E-state index is -0.0940. The quantitative estimate of drug-likeness (QED) is 0.369. The number of rotatable bonds is 8. The van der Waals surface area contributed by atoms with Crippen molar-refractivity contribution in [3.8, 4) is 10.6 Å². The normalized spacial score (nSPS) is 11.3. The molecule has 0 saturated carbocycles. The van der Waals surface area contributed by atoms with Gasteiger partial charge in [-0.1, -0.05) is 77.5 Å². The Balaban J connectivity index is 1.60. The summed E-state index contributed by atoms with van der Waals surface area (Å²) < 4.78 is 0. The number of carbonyl (C=O) groups is 1. The van der Waals surface area contributed by atoms with Crippen LogP contribution in [0.4, 0.5) is 5.69 Å². The number of nitrogens with two attached hydrogens (primary N) is 2. The van der Waals surface area contributed by atoms with E-state index in [1.54, 1.807) is 4.90 Å². The van der Waals surface area contributed by atoms with E-state index in [1.807, 2.05) is 78.9 Å². The topological polar surface area (TPSA) is 97.7 Å². The number of benzene rings is 3. The molecule has 34 heavy (non-hydrogen) atoms. The maximum atomic E-state index is 13.5. The van der Waals surface area contributed by atoms with E-state index >= 15 is 0 Å². The van der Waals surface area contributed by atoms with Crippen molar-refractivity contribution in [1.29, 1.82) is 0 Å². The average Bonchev–Trinajstić information content (AvgIpc) is 3.33. The van der Waals surface area contributed by atoms with Crippen LogP contribution in [0.1, 0.15) is 16.1 Å². The van der Waals surface area contributed by atoms with Gasteiger partial charge in [0, 0.05) is 22.5 Å². The summed E-state index contributed by atoms with van der Waals surface area (Å²) in [6, 6.07) is 24.8. The molecule has 0 aliphatic heterocycles. The zero-order chi connectivity index (χ0) is 23.9. The summed E-state index contributed by atoms with van der Waals surface area (Å²) in [6.07, 6.45) is 3.03. The average molecular weight is 489 g/mol. The Morgan fingerprint density at radius 3 is 2.47 bits per heavy atom. The number of amides is 1. The van der Waals surface area contributed by atoms with Crippen molar-refractivity contribution < 1.29 is 10.2 Å². The van der Waals surface area contributed by atoms with Crippen LogP contribution < -0.4 is 16.0 Å². The maximum absolute atomic E-state index is 13.5. The molecular formula is C26H23ClN5OS+. The van der Waals surface area contributed by atoms with Gasteiger partial charge < -0.3 is 10.6 Å². The summed E-state index contributed by atoms with van der Waals surface area (Å²) in [7, 11) is 0. The van der Waals surface area contributed by atoms with Gasteiger partial charge in [-0.3, -0.25) is 10.2 Å². The molecule has 0 aliphatic carbocycles. The number of anilines is 1. The summed E-state index contributed by atoms with van der Waals surface area (Å²) in [5.74, 6) is -0.0940. The summed E-state index contributed by atoms with van der Waals surface area (Å²) in [5, 5.41) is 16.2. The van der Waals surface area contributed by atoms with Crippen molar-refractivity contribution in [2.24, 2.45) is 5.73 Å². The number of hydrogen-bond acceptors (Lipinski definition) is 5. The van der Waals surface area contributed by atoms with Crippen LogP contribution in [0.15, 0.2) is 85.1 Å². The van der Waals surface area contributed by atoms with Crippen LogP contribution in [0, 0.1) is 0 Å². The third kappa shape index (κ3) is 5.57. The van der Waals surface area contributed by atoms with Crippen LogP contribution in [0.2, 0.25) is 5.02 Å². The van der Waals surface area contributed by atoms with Gasteiger partial charge >= 0.3 is 0 Å². The zero-order valence-corrected chi connectivity index (χ0v) is 19.8. The fourth-order valence-corrected chi connectivity index (χ4v) is 4.52. The highest BCUT2D eigenvalue weighted by molar-refractivity contribution is 7.14. The predicted octanol–water partition coefficient (Wildman–Crippen LogP) is 3.76. The van der Waals surface area contributed by atoms with E-state index in [4.69, 9.17) is 22.7 Å². The third-order valence-corrected chi connectivity index (χ3v) is 6.40. The van der Waals surface area contributed by atoms with Crippen LogP contribution >= 0.6 is 22.9 Å². The number of hydrogen-bond donors (Lipinski definition) is 2. The molecule has 4 aromatic rings. The molecule has 4 rings (SSSR count). The van der Waals surface area contributed by atoms with Crippen LogP contribution in [-0.4, -0.2) is 22.3 Å². The van der Waals surface area contributed by atoms with Gasteiger partial charge in [-0.2, -0.15) is 0 Å². The molecular weight excluding hydrogens is 466 g/mol. The van der Waals surface area contributed by atoms with Gasteiger partial charge in [-0.15, -0.1) is 10.2 Å². The molecule has 0 unspecified atom stereocenters. The van der Waals surface area contributed by atoms with Crippen LogP contribution in [0.5, 0.6) is 0 Å². The van der Waals surface area contributed by atoms with Crippen molar-refractivity contribution in [2.45, 2.75) is 13.0 Å². The van der Waals surface area contributed by atoms with Crippen LogP contribution in [0.3, 0.4) is 0 Å². The molecule has 0 spiro atoms. The molecule has 170 valence electrons. The van der Waals surface area contributed by atoms with Crippen molar-refractivity contribution in [3.63, 3.8) is 0 Å². The number of nitrogens with zero attached hydrogens (tertiary/aromatic N) is 3. The summed E-state index contributed by atoms with van der Waals surface area (Å²) >= 11 is 7.60. The second-order valence-corrected chi connectivity index (χ2v) is 8.99. The lowest BCUT2D eigenvalue weighted by atomic mass is 10.1. The molecule has 8 heteroatoms. The molecule has 3 aromatic carbocycles. The van der Waals surface area contributed by atoms with E-state index in [9.17, 15) is 4.79 Å². The third-order valence-electron chi connectivity index (χ3n) is 5.19. The Morgan fingerprint density at radius 2 is 1.79 bits per heavy atom. The molecule has 0 saturated heterocycles. The highest BCUT2D eigenvalue weighted by Crippen LogP contribution is 2.26. The maximum Gasteiger partial charge on any atom is 0.234 e. The van der Waals surface area contributed by atoms with Gasteiger partial charge in [0.25, 0.3) is 0 Å². The Morgan fingerprint density at radius 1 is 1.03 bits per heavy atom. The minimum absolute atomic E-state index is 0.0940. The minimum Gasteiger partial charge on any atom is -0.404 e. The number of allylic oxidation sites excluding steroid dienone is 1. The Labute approximate surface area is 206 Å². The van der Waals surface area contributed by atoms with Crippen molar-refractivity contribution >= 4 is 46.3 Å². The number of aromatic nitrogens is 2. The first-order valence-electron chi connectivity index (χ1n) is 10.6. The predicted molar refractivity (Wildman–Crippen MR) is 138 cm³/mol. The van der Waals surface area contributed by atoms with Crippen LogP contribution in [-0.2, 0) is 17.8 Å². The van der Waals surface area contributed by atoms with Crippen molar-refractivity contribution in [3.05, 3.63) is 106 Å². The Kier molecular flexibility index (Phi) is 7.47. The van der Waals surface area contributed by atoms with Gasteiger partial charge in [0.05, 0.1) is 18.5 Å². The number of carbonyl (C=O) groups excluding carboxylic acids is 1. The molecule has 1 amide bonds. The fraction of sp³-hybridized carbons (Fsp3) is 0.0769. The molecule has 0 bridgehead atoms. The van der Waals surface area contributed by atoms with Gasteiger partial charge in [0.2, 0.25) is 5.91 Å². The van der Waals surface area contributed by atoms with E-state index in [0.29, 0.717) is 22.1 Å². The highest BCUT2D eigenvalue weighted by Gasteiger charge is 2.20. The second kappa shape index (κ2) is 10.9. The molecule has 4 N–H and O–H groups in total. The fourth-order valence-electron chi connectivity index (χ4n) is 3.47. The molecule has 0 atom stereocenters. The van der Waals surface area contributed by atoms with Crippen molar-refractivity contribution in [1.82, 2.24) is 10.2 Å². The lowest BCUT2D eigenvalue weighted by Crippen LogP contribution is -2.32. The van der Waals surface area contributed by atoms with E-state index in [2.05, 4.69) is 10.2 Å². The summed E-state index contributed by atoms with van der Waals surface area (Å²) in [6.45, 7) is 0.367. The molecule has 6 nitrogen and oxygen atoms in total. The molecule has 1 aromatic heterocycles. The van der Waals surface area contributed by atoms with E-state index < -0.39 is 0 Å². The second-order valence-electron chi connectivity index (χ2n) is 7.49. The smallest absolute Gasteiger partial charge is 0.234 e. The van der Waals surface area contributed by atoms with E-state index in [1.165, 1.54) is 23.8 Å². The van der Waals surface area contributed by atoms with Gasteiger partial charge in [-0.05, 0) is 35.4 Å². The SMILES string of the molecule is N/C=C(\C=[NH2+])c1ccc(N(Cc2cccc(Cl)c2)C(=O)Cc2nnc(-c3ccccc3)s2)cc1. The first-order chi connectivity index (χ1) is 16.6. The van der Waals surface area contributed by atoms with Crippen molar-refractivity contribution in [2.75, 3.05) is 4.90 Å². The largest absolute Gasteiger partial charge is 0.404 e. The number of halogens is 1. The lowest BCUT2D eigenvalue weighted by molar-refractivity contribution is -0.118. The molecule has 1 heterocycles. The Bertz CT molecular complexity index is 1320. The Hall–Kier alpha value is -3.81. The molecule has 0 aliphatic rings. The van der Waals surface area contributed by atoms with Gasteiger partial charge in [0.1, 0.15) is 10.0 Å². The van der Waals surface area contributed by atoms with E-state index in [0.717, 1.165) is 27.4 Å². The zero-order valence-electron chi connectivity index (χ0n) is 18.3. The van der Waals surface area contributed by atoms with E-state index in [-0.39, 0.29) is 12.3 Å². The summed E-state index contributed by atoms with van der Waals surface area (Å²) in [4.78, 5) is 15.2. The first kappa shape index (κ1) is 23.4. The van der Waals surface area contributed by atoms with Gasteiger partial charge in [-0.25, -0.2) is 0 Å². The monoisotopic (exact) mass is 488 g/mol. The lowest BCUT2D eigenvalue weighted by Gasteiger charge is -2.23. The molecule has 0 fully saturated rings. The standard InChI is InChI=1S/C26H22ClN5OS/c27-22-8-4-5-18(13-22)17-32(23-11-9-19(10-12-23)21(15-28)16-29)25(33)14-24-30-31-26(34-24)20-6-2-1-3-7-20/h1-13,15-16,28H,14,17,29H2/p+1/b21-16+,28-15?. The first-order valence-corrected chi connectivity index (χ1v) is 11.8.